The molecule has 580 valence electrons. The first kappa shape index (κ1) is 84.8. The summed E-state index contributed by atoms with van der Waals surface area (Å²) in [5.41, 5.74) is 0. The minimum atomic E-state index is -6.44. The summed E-state index contributed by atoms with van der Waals surface area (Å²) in [5.74, 6) is -53.8. The molecule has 0 radical (unpaired) electrons. The Morgan fingerprint density at radius 3 is 0.495 bits per heavy atom. The zero-order chi connectivity index (χ0) is 81.5. The molecule has 0 aliphatic rings. The number of hydrogen-bond acceptors (Lipinski definition) is 18. The van der Waals surface area contributed by atoms with Gasteiger partial charge in [0.15, 0.2) is 162 Å². The Morgan fingerprint density at radius 1 is 0.220 bits per heavy atom. The van der Waals surface area contributed by atoms with Gasteiger partial charge in [-0.15, -0.1) is 0 Å². The summed E-state index contributed by atoms with van der Waals surface area (Å²) in [7, 11) is -37.5. The first-order valence-corrected chi connectivity index (χ1v) is 38.4. The first-order chi connectivity index (χ1) is 50.4. The molecule has 0 bridgehead atoms. The van der Waals surface area contributed by atoms with Crippen LogP contribution in [0.15, 0.2) is 207 Å². The molecule has 0 atom stereocenters. The van der Waals surface area contributed by atoms with Crippen molar-refractivity contribution in [1.29, 1.82) is 0 Å². The highest BCUT2D eigenvalue weighted by Crippen LogP contribution is 2.40. The summed E-state index contributed by atoms with van der Waals surface area (Å²) in [6, 6.07) is 35.0. The third kappa shape index (κ3) is 17.4. The van der Waals surface area contributed by atoms with Crippen LogP contribution in [-0.4, -0.2) is 64.2 Å². The molecule has 0 N–H and O–H groups in total. The number of alkyl halides is 2. The summed E-state index contributed by atoms with van der Waals surface area (Å²) >= 11 is 0. The van der Waals surface area contributed by atoms with Crippen molar-refractivity contribution in [1.82, 2.24) is 0 Å². The maximum absolute atomic E-state index is 14.1. The maximum atomic E-state index is 14.1. The molecule has 10 rings (SSSR count). The average molecular weight is 1720 g/mol. The minimum absolute atomic E-state index is 0.398. The molecule has 109 heavy (non-hydrogen) atoms. The molecule has 0 fully saturated rings. The Bertz CT molecular complexity index is 5190. The van der Waals surface area contributed by atoms with Crippen LogP contribution in [0.2, 0.25) is 0 Å². The van der Waals surface area contributed by atoms with Crippen molar-refractivity contribution >= 4 is 82.5 Å². The molecule has 0 saturated heterocycles. The number of rotatable bonds is 20. The van der Waals surface area contributed by atoms with E-state index in [0.717, 1.165) is 48.5 Å². The highest BCUT2D eigenvalue weighted by molar-refractivity contribution is 8.04. The summed E-state index contributed by atoms with van der Waals surface area (Å²) in [5, 5.41) is 0. The third-order valence-electron chi connectivity index (χ3n) is 13.3. The van der Waals surface area contributed by atoms with E-state index < -0.39 is 246 Å². The van der Waals surface area contributed by atoms with Gasteiger partial charge in [0, 0.05) is 0 Å². The lowest BCUT2D eigenvalue weighted by molar-refractivity contribution is 0.150. The van der Waals surface area contributed by atoms with Gasteiger partial charge in [0.25, 0.3) is 0 Å². The standard InChI is InChI=1S/2C30H13F10O6S3.CH2F2O6S2/c2*31-19-21(33)25(37)29(26(38)22(19)34)48(41,42)45-14-6-10-17(11-7-14)47(16-4-2-1-3-5-16)18-12-8-15(9-13-18)46-49(43,44)30-27(39)23(35)20(32)24(36)28(30)40;2-1(3,10(4,5)6)11(7,8)9/h2*1-13H;(H,4,5,6)(H,7,8,9)/q2*+1;/p-2. The molecule has 0 heterocycles. The van der Waals surface area contributed by atoms with Gasteiger partial charge in [-0.1, -0.05) is 36.4 Å². The highest BCUT2D eigenvalue weighted by atomic mass is 32.3. The molecule has 0 aromatic heterocycles. The SMILES string of the molecule is O=S(=O)(Oc1ccc([S+](c2ccccc2)c2ccc(OS(=O)(=O)c3c(F)c(F)c(F)c(F)c3F)cc2)cc1)c1c(F)c(F)c(F)c(F)c1F.O=S(=O)(Oc1ccc([S+](c2ccccc2)c2ccc(OS(=O)(=O)c3c(F)c(F)c(F)c(F)c3F)cc2)cc1)c1c(F)c(F)c(F)c(F)c1F.O=S(=O)([O-])C(F)(F)S(=O)(=O)[O-]. The number of halogens is 22. The van der Waals surface area contributed by atoms with Crippen molar-refractivity contribution in [3.05, 3.63) is 274 Å². The largest absolute Gasteiger partial charge is 0.743 e. The van der Waals surface area contributed by atoms with Crippen molar-refractivity contribution < 1.29 is 173 Å². The van der Waals surface area contributed by atoms with Crippen LogP contribution in [0.1, 0.15) is 0 Å². The Labute approximate surface area is 602 Å². The van der Waals surface area contributed by atoms with Crippen LogP contribution in [0.3, 0.4) is 0 Å². The van der Waals surface area contributed by atoms with Crippen molar-refractivity contribution in [2.24, 2.45) is 0 Å². The molecular formula is C61H26F22O18S8. The lowest BCUT2D eigenvalue weighted by Crippen LogP contribution is -2.37. The Kier molecular flexibility index (Phi) is 24.9. The zero-order valence-corrected chi connectivity index (χ0v) is 58.0. The fourth-order valence-corrected chi connectivity index (χ4v) is 17.9. The van der Waals surface area contributed by atoms with E-state index in [-0.39, 0.29) is 0 Å². The van der Waals surface area contributed by atoms with Crippen LogP contribution in [0.4, 0.5) is 96.6 Å². The second-order valence-corrected chi connectivity index (χ2v) is 33.3. The molecule has 0 aliphatic heterocycles. The lowest BCUT2D eigenvalue weighted by atomic mass is 10.3. The predicted octanol–water partition coefficient (Wildman–Crippen LogP) is 14.0. The van der Waals surface area contributed by atoms with E-state index >= 15 is 0 Å². The minimum Gasteiger partial charge on any atom is -0.743 e. The topological polar surface area (TPSA) is 288 Å². The Morgan fingerprint density at radius 2 is 0.358 bits per heavy atom. The van der Waals surface area contributed by atoms with E-state index in [4.69, 9.17) is 0 Å². The van der Waals surface area contributed by atoms with Crippen molar-refractivity contribution in [3.8, 4) is 23.0 Å². The fraction of sp³-hybridized carbons (Fsp3) is 0.0164. The second kappa shape index (κ2) is 32.0. The third-order valence-corrected chi connectivity index (χ3v) is 25.2. The molecular weight excluding hydrogens is 1700 g/mol. The van der Waals surface area contributed by atoms with Crippen LogP contribution >= 0.6 is 0 Å². The predicted molar refractivity (Wildman–Crippen MR) is 324 cm³/mol. The lowest BCUT2D eigenvalue weighted by Gasteiger charge is -2.21. The highest BCUT2D eigenvalue weighted by Gasteiger charge is 2.46. The van der Waals surface area contributed by atoms with E-state index in [1.165, 1.54) is 48.5 Å². The molecule has 0 saturated carbocycles. The van der Waals surface area contributed by atoms with Gasteiger partial charge in [-0.3, -0.25) is 0 Å². The quantitative estimate of drug-likeness (QED) is 0.0171. The van der Waals surface area contributed by atoms with E-state index in [2.05, 4.69) is 16.7 Å². The summed E-state index contributed by atoms with van der Waals surface area (Å²) in [6.45, 7) is 0. The monoisotopic (exact) mass is 1720 g/mol. The van der Waals surface area contributed by atoms with Crippen LogP contribution in [0, 0.1) is 116 Å². The molecule has 0 unspecified atom stereocenters. The van der Waals surface area contributed by atoms with Gasteiger partial charge in [-0.2, -0.15) is 42.5 Å². The molecule has 0 amide bonds. The molecule has 10 aromatic carbocycles. The molecule has 48 heteroatoms. The van der Waals surface area contributed by atoms with Gasteiger partial charge in [0.1, 0.15) is 23.0 Å². The van der Waals surface area contributed by atoms with E-state index in [1.807, 2.05) is 0 Å². The van der Waals surface area contributed by atoms with Crippen molar-refractivity contribution in [2.75, 3.05) is 0 Å². The van der Waals surface area contributed by atoms with E-state index in [9.17, 15) is 156 Å². The van der Waals surface area contributed by atoms with E-state index in [0.29, 0.717) is 29.4 Å². The van der Waals surface area contributed by atoms with Crippen LogP contribution in [0.5, 0.6) is 23.0 Å². The number of benzene rings is 10. The van der Waals surface area contributed by atoms with Gasteiger partial charge >= 0.3 is 45.1 Å². The van der Waals surface area contributed by atoms with Crippen LogP contribution in [-0.2, 0) is 82.5 Å². The summed E-state index contributed by atoms with van der Waals surface area (Å²) in [4.78, 5) is -6.03. The average Bonchev–Trinajstić information content (AvgIpc) is 0.773. The normalized spacial score (nSPS) is 12.3. The summed E-state index contributed by atoms with van der Waals surface area (Å²) < 4.78 is 468. The second-order valence-electron chi connectivity index (χ2n) is 20.2. The molecule has 10 aromatic rings. The van der Waals surface area contributed by atoms with Gasteiger partial charge in [0.05, 0.1) is 21.8 Å². The molecule has 0 aliphatic carbocycles. The van der Waals surface area contributed by atoms with Crippen molar-refractivity contribution in [3.63, 3.8) is 0 Å². The van der Waals surface area contributed by atoms with Crippen LogP contribution in [0.25, 0.3) is 0 Å². The molecule has 18 nitrogen and oxygen atoms in total. The fourth-order valence-electron chi connectivity index (χ4n) is 8.47. The number of hydrogen-bond donors (Lipinski definition) is 0. The Hall–Kier alpha value is -9.82. The van der Waals surface area contributed by atoms with Gasteiger partial charge < -0.3 is 25.8 Å². The van der Waals surface area contributed by atoms with Crippen molar-refractivity contribution in [2.45, 2.75) is 53.5 Å². The smallest absolute Gasteiger partial charge is 0.422 e. The zero-order valence-electron chi connectivity index (χ0n) is 51.4. The van der Waals surface area contributed by atoms with Gasteiger partial charge in [-0.05, 0) is 121 Å². The van der Waals surface area contributed by atoms with Crippen LogP contribution < -0.4 is 16.7 Å². The molecule has 0 spiro atoms. The van der Waals surface area contributed by atoms with Gasteiger partial charge in [-0.25, -0.2) is 105 Å². The van der Waals surface area contributed by atoms with Gasteiger partial charge in [0.2, 0.25) is 23.3 Å². The Balaban J connectivity index is 0.000000241. The summed E-state index contributed by atoms with van der Waals surface area (Å²) in [6.07, 6.45) is 0. The van der Waals surface area contributed by atoms with E-state index in [1.54, 1.807) is 60.7 Å². The maximum Gasteiger partial charge on any atom is 0.422 e. The first-order valence-electron chi connectivity index (χ1n) is 27.5.